The molecule has 0 aliphatic carbocycles. The molecule has 3 nitrogen and oxygen atoms in total. The number of nitrogens with two attached hydrogens (primary N) is 1. The van der Waals surface area contributed by atoms with E-state index >= 15 is 0 Å². The van der Waals surface area contributed by atoms with Crippen molar-refractivity contribution in [1.29, 1.82) is 0 Å². The molecule has 0 amide bonds. The molecule has 0 bridgehead atoms. The van der Waals surface area contributed by atoms with Gasteiger partial charge in [0.15, 0.2) is 11.6 Å². The van der Waals surface area contributed by atoms with Gasteiger partial charge in [-0.05, 0) is 57.3 Å². The molecule has 0 saturated carbocycles. The predicted octanol–water partition coefficient (Wildman–Crippen LogP) is 4.32. The van der Waals surface area contributed by atoms with Gasteiger partial charge in [-0.3, -0.25) is 4.68 Å². The maximum atomic E-state index is 13.6. The summed E-state index contributed by atoms with van der Waals surface area (Å²) in [7, 11) is 0. The fourth-order valence-corrected chi connectivity index (χ4v) is 3.07. The summed E-state index contributed by atoms with van der Waals surface area (Å²) < 4.78 is 29.3. The Kier molecular flexibility index (Phi) is 4.61. The number of nitrogens with zero attached hydrogens (tertiary/aromatic N) is 2. The van der Waals surface area contributed by atoms with Crippen LogP contribution in [0.4, 0.5) is 8.78 Å². The van der Waals surface area contributed by atoms with E-state index in [1.165, 1.54) is 6.07 Å². The molecule has 1 atom stereocenters. The second kappa shape index (κ2) is 5.91. The highest BCUT2D eigenvalue weighted by Gasteiger charge is 2.23. The first-order valence-corrected chi connectivity index (χ1v) is 7.55. The first-order valence-electron chi connectivity index (χ1n) is 5.96. The molecule has 0 saturated heterocycles. The summed E-state index contributed by atoms with van der Waals surface area (Å²) in [6.45, 7) is 3.94. The molecular weight excluding hydrogens is 396 g/mol. The molecule has 2 rings (SSSR count). The first kappa shape index (κ1) is 15.6. The summed E-state index contributed by atoms with van der Waals surface area (Å²) in [6, 6.07) is 2.02. The normalized spacial score (nSPS) is 13.0. The van der Waals surface area contributed by atoms with E-state index in [4.69, 9.17) is 5.73 Å². The van der Waals surface area contributed by atoms with Gasteiger partial charge in [-0.2, -0.15) is 5.10 Å². The van der Waals surface area contributed by atoms with E-state index < -0.39 is 17.7 Å². The first-order chi connectivity index (χ1) is 9.34. The molecule has 0 aliphatic rings. The van der Waals surface area contributed by atoms with Crippen molar-refractivity contribution < 1.29 is 8.78 Å². The lowest BCUT2D eigenvalue weighted by Gasteiger charge is -2.19. The molecule has 0 aliphatic heterocycles. The molecule has 1 aromatic heterocycles. The molecule has 1 unspecified atom stereocenters. The lowest BCUT2D eigenvalue weighted by molar-refractivity contribution is 0.489. The van der Waals surface area contributed by atoms with Crippen molar-refractivity contribution in [2.24, 2.45) is 5.73 Å². The monoisotopic (exact) mass is 407 g/mol. The van der Waals surface area contributed by atoms with Crippen molar-refractivity contribution in [3.05, 3.63) is 50.2 Å². The van der Waals surface area contributed by atoms with E-state index in [2.05, 4.69) is 37.0 Å². The lowest BCUT2D eigenvalue weighted by atomic mass is 10.0. The molecule has 2 aromatic rings. The van der Waals surface area contributed by atoms with Gasteiger partial charge in [0.1, 0.15) is 0 Å². The predicted molar refractivity (Wildman–Crippen MR) is 80.4 cm³/mol. The SMILES string of the molecule is CC(C)n1ncc(Br)c1C(N)c1ccc(F)c(F)c1Br. The third-order valence-corrected chi connectivity index (χ3v) is 4.39. The Balaban J connectivity index is 2.55. The van der Waals surface area contributed by atoms with Crippen LogP contribution in [0.2, 0.25) is 0 Å². The van der Waals surface area contributed by atoms with Crippen LogP contribution in [0.3, 0.4) is 0 Å². The van der Waals surface area contributed by atoms with Gasteiger partial charge in [-0.15, -0.1) is 0 Å². The zero-order valence-electron chi connectivity index (χ0n) is 10.9. The second-order valence-electron chi connectivity index (χ2n) is 4.66. The van der Waals surface area contributed by atoms with E-state index in [1.807, 2.05) is 13.8 Å². The summed E-state index contributed by atoms with van der Waals surface area (Å²) in [5, 5.41) is 4.24. The molecule has 0 spiro atoms. The minimum Gasteiger partial charge on any atom is -0.319 e. The third kappa shape index (κ3) is 2.66. The fourth-order valence-electron chi connectivity index (χ4n) is 1.98. The van der Waals surface area contributed by atoms with E-state index in [0.717, 1.165) is 10.5 Å². The Bertz CT molecular complexity index is 641. The number of hydrogen-bond acceptors (Lipinski definition) is 2. The Morgan fingerprint density at radius 1 is 1.25 bits per heavy atom. The van der Waals surface area contributed by atoms with Crippen LogP contribution in [0.5, 0.6) is 0 Å². The smallest absolute Gasteiger partial charge is 0.173 e. The van der Waals surface area contributed by atoms with Crippen LogP contribution in [0.25, 0.3) is 0 Å². The van der Waals surface area contributed by atoms with Crippen molar-refractivity contribution in [2.75, 3.05) is 0 Å². The van der Waals surface area contributed by atoms with Gasteiger partial charge in [0.05, 0.1) is 26.9 Å². The zero-order chi connectivity index (χ0) is 15.0. The van der Waals surface area contributed by atoms with Crippen molar-refractivity contribution in [2.45, 2.75) is 25.9 Å². The minimum atomic E-state index is -0.940. The molecule has 1 heterocycles. The Hall–Kier alpha value is -0.790. The summed E-state index contributed by atoms with van der Waals surface area (Å²) in [5.74, 6) is -1.85. The standard InChI is InChI=1S/C13H13Br2F2N3/c1-6(2)20-13(8(14)5-19-20)12(18)7-3-4-9(16)11(17)10(7)15/h3-6,12H,18H2,1-2H3. The molecule has 1 aromatic carbocycles. The molecular formula is C13H13Br2F2N3. The molecule has 7 heteroatoms. The molecule has 20 heavy (non-hydrogen) atoms. The van der Waals surface area contributed by atoms with Gasteiger partial charge >= 0.3 is 0 Å². The summed E-state index contributed by atoms with van der Waals surface area (Å²) in [5.41, 5.74) is 7.39. The minimum absolute atomic E-state index is 0.0356. The van der Waals surface area contributed by atoms with E-state index in [0.29, 0.717) is 11.3 Å². The van der Waals surface area contributed by atoms with Gasteiger partial charge in [0.25, 0.3) is 0 Å². The van der Waals surface area contributed by atoms with Crippen molar-refractivity contribution in [1.82, 2.24) is 9.78 Å². The maximum absolute atomic E-state index is 13.6. The van der Waals surface area contributed by atoms with Crippen LogP contribution in [0, 0.1) is 11.6 Å². The Morgan fingerprint density at radius 2 is 1.90 bits per heavy atom. The molecule has 0 radical (unpaired) electrons. The number of rotatable bonds is 3. The van der Waals surface area contributed by atoms with Crippen molar-refractivity contribution >= 4 is 31.9 Å². The number of aromatic nitrogens is 2. The van der Waals surface area contributed by atoms with Gasteiger partial charge in [-0.1, -0.05) is 6.07 Å². The van der Waals surface area contributed by atoms with Gasteiger partial charge < -0.3 is 5.73 Å². The summed E-state index contributed by atoms with van der Waals surface area (Å²) in [6.07, 6.45) is 1.64. The third-order valence-electron chi connectivity index (χ3n) is 2.97. The largest absolute Gasteiger partial charge is 0.319 e. The van der Waals surface area contributed by atoms with E-state index in [1.54, 1.807) is 10.9 Å². The highest BCUT2D eigenvalue weighted by Crippen LogP contribution is 2.34. The highest BCUT2D eigenvalue weighted by atomic mass is 79.9. The highest BCUT2D eigenvalue weighted by molar-refractivity contribution is 9.10. The van der Waals surface area contributed by atoms with Crippen molar-refractivity contribution in [3.63, 3.8) is 0 Å². The van der Waals surface area contributed by atoms with Gasteiger partial charge in [-0.25, -0.2) is 8.78 Å². The van der Waals surface area contributed by atoms with E-state index in [9.17, 15) is 8.78 Å². The van der Waals surface area contributed by atoms with Gasteiger partial charge in [0.2, 0.25) is 0 Å². The molecule has 2 N–H and O–H groups in total. The van der Waals surface area contributed by atoms with Crippen LogP contribution in [-0.4, -0.2) is 9.78 Å². The summed E-state index contributed by atoms with van der Waals surface area (Å²) in [4.78, 5) is 0. The van der Waals surface area contributed by atoms with E-state index in [-0.39, 0.29) is 10.5 Å². The second-order valence-corrected chi connectivity index (χ2v) is 6.31. The van der Waals surface area contributed by atoms with Crippen molar-refractivity contribution in [3.8, 4) is 0 Å². The Morgan fingerprint density at radius 3 is 2.50 bits per heavy atom. The molecule has 108 valence electrons. The average Bonchev–Trinajstić information content (AvgIpc) is 2.77. The topological polar surface area (TPSA) is 43.8 Å². The van der Waals surface area contributed by atoms with Crippen LogP contribution in [0.1, 0.15) is 37.2 Å². The Labute approximate surface area is 132 Å². The number of benzene rings is 1. The van der Waals surface area contributed by atoms with Crippen LogP contribution >= 0.6 is 31.9 Å². The maximum Gasteiger partial charge on any atom is 0.173 e. The fraction of sp³-hybridized carbons (Fsp3) is 0.308. The lowest BCUT2D eigenvalue weighted by Crippen LogP contribution is -2.20. The average molecular weight is 409 g/mol. The van der Waals surface area contributed by atoms with Crippen LogP contribution in [-0.2, 0) is 0 Å². The zero-order valence-corrected chi connectivity index (χ0v) is 14.0. The van der Waals surface area contributed by atoms with Crippen LogP contribution in [0.15, 0.2) is 27.3 Å². The molecule has 0 fully saturated rings. The van der Waals surface area contributed by atoms with Gasteiger partial charge in [0, 0.05) is 6.04 Å². The number of halogens is 4. The van der Waals surface area contributed by atoms with Crippen LogP contribution < -0.4 is 5.73 Å². The number of hydrogen-bond donors (Lipinski definition) is 1. The summed E-state index contributed by atoms with van der Waals surface area (Å²) >= 11 is 6.46. The quantitative estimate of drug-likeness (QED) is 0.768.